The van der Waals surface area contributed by atoms with Gasteiger partial charge in [0.05, 0.1) is 21.5 Å². The van der Waals surface area contributed by atoms with Gasteiger partial charge in [-0.05, 0) is 29.8 Å². The van der Waals surface area contributed by atoms with E-state index in [0.717, 1.165) is 5.56 Å². The third-order valence-electron chi connectivity index (χ3n) is 2.56. The van der Waals surface area contributed by atoms with Gasteiger partial charge in [0.2, 0.25) is 0 Å². The number of nitro groups is 1. The second-order valence-corrected chi connectivity index (χ2v) is 5.44. The quantitative estimate of drug-likeness (QED) is 0.528. The van der Waals surface area contributed by atoms with Crippen LogP contribution in [0, 0.1) is 10.1 Å². The summed E-state index contributed by atoms with van der Waals surface area (Å²) in [4.78, 5) is 10.6. The van der Waals surface area contributed by atoms with Crippen molar-refractivity contribution in [3.05, 3.63) is 64.2 Å². The number of benzene rings is 2. The SMILES string of the molecule is Nc1cccc(CS(=O)c2ccc([N+](=O)[O-])cc2)c1. The molecule has 0 aliphatic carbocycles. The Kier molecular flexibility index (Phi) is 3.91. The second kappa shape index (κ2) is 5.62. The Labute approximate surface area is 112 Å². The second-order valence-electron chi connectivity index (χ2n) is 3.99. The first-order valence-electron chi connectivity index (χ1n) is 5.53. The normalized spacial score (nSPS) is 12.0. The maximum absolute atomic E-state index is 12.1. The number of non-ortho nitro benzene ring substituents is 1. The van der Waals surface area contributed by atoms with Gasteiger partial charge in [-0.25, -0.2) is 0 Å². The summed E-state index contributed by atoms with van der Waals surface area (Å²) in [6.07, 6.45) is 0. The van der Waals surface area contributed by atoms with Crippen LogP contribution in [0.5, 0.6) is 0 Å². The van der Waals surface area contributed by atoms with Gasteiger partial charge in [0.15, 0.2) is 0 Å². The van der Waals surface area contributed by atoms with E-state index in [-0.39, 0.29) is 5.69 Å². The molecule has 0 aliphatic heterocycles. The van der Waals surface area contributed by atoms with E-state index >= 15 is 0 Å². The summed E-state index contributed by atoms with van der Waals surface area (Å²) in [5.41, 5.74) is 7.14. The lowest BCUT2D eigenvalue weighted by Crippen LogP contribution is -1.98. The van der Waals surface area contributed by atoms with Crippen molar-refractivity contribution >= 4 is 22.2 Å². The minimum Gasteiger partial charge on any atom is -0.399 e. The van der Waals surface area contributed by atoms with Crippen LogP contribution in [0.1, 0.15) is 5.56 Å². The molecule has 0 heterocycles. The average Bonchev–Trinajstić information content (AvgIpc) is 2.39. The van der Waals surface area contributed by atoms with E-state index < -0.39 is 15.7 Å². The third kappa shape index (κ3) is 3.38. The maximum atomic E-state index is 12.1. The molecule has 0 saturated carbocycles. The van der Waals surface area contributed by atoms with Crippen molar-refractivity contribution in [2.75, 3.05) is 5.73 Å². The lowest BCUT2D eigenvalue weighted by Gasteiger charge is -2.03. The van der Waals surface area contributed by atoms with Crippen LogP contribution in [0.25, 0.3) is 0 Å². The zero-order chi connectivity index (χ0) is 13.8. The summed E-state index contributed by atoms with van der Waals surface area (Å²) in [7, 11) is -1.24. The zero-order valence-corrected chi connectivity index (χ0v) is 10.8. The van der Waals surface area contributed by atoms with E-state index in [1.165, 1.54) is 24.3 Å². The Balaban J connectivity index is 2.14. The highest BCUT2D eigenvalue weighted by molar-refractivity contribution is 7.84. The topological polar surface area (TPSA) is 86.2 Å². The summed E-state index contributed by atoms with van der Waals surface area (Å²) in [6.45, 7) is 0. The molecule has 0 fully saturated rings. The number of nitrogens with zero attached hydrogens (tertiary/aromatic N) is 1. The first kappa shape index (κ1) is 13.2. The molecule has 1 atom stereocenters. The van der Waals surface area contributed by atoms with Gasteiger partial charge in [0, 0.05) is 22.7 Å². The summed E-state index contributed by atoms with van der Waals surface area (Å²) < 4.78 is 12.1. The average molecular weight is 276 g/mol. The van der Waals surface area contributed by atoms with Crippen LogP contribution in [-0.4, -0.2) is 9.13 Å². The van der Waals surface area contributed by atoms with Crippen LogP contribution in [0.4, 0.5) is 11.4 Å². The van der Waals surface area contributed by atoms with Crippen LogP contribution >= 0.6 is 0 Å². The number of hydrogen-bond donors (Lipinski definition) is 1. The number of hydrogen-bond acceptors (Lipinski definition) is 4. The van der Waals surface area contributed by atoms with Crippen molar-refractivity contribution in [2.45, 2.75) is 10.6 Å². The number of anilines is 1. The Morgan fingerprint density at radius 2 is 1.84 bits per heavy atom. The van der Waals surface area contributed by atoms with Crippen molar-refractivity contribution in [1.82, 2.24) is 0 Å². The van der Waals surface area contributed by atoms with E-state index in [1.807, 2.05) is 6.07 Å². The van der Waals surface area contributed by atoms with Crippen molar-refractivity contribution < 1.29 is 9.13 Å². The van der Waals surface area contributed by atoms with Crippen LogP contribution in [0.2, 0.25) is 0 Å². The molecule has 98 valence electrons. The summed E-state index contributed by atoms with van der Waals surface area (Å²) in [6, 6.07) is 12.9. The number of rotatable bonds is 4. The van der Waals surface area contributed by atoms with E-state index in [1.54, 1.807) is 18.2 Å². The molecule has 2 aromatic rings. The molecule has 0 bridgehead atoms. The molecular weight excluding hydrogens is 264 g/mol. The molecule has 2 N–H and O–H groups in total. The van der Waals surface area contributed by atoms with Crippen LogP contribution in [0.15, 0.2) is 53.4 Å². The monoisotopic (exact) mass is 276 g/mol. The summed E-state index contributed by atoms with van der Waals surface area (Å²) in [5.74, 6) is 0.336. The Hall–Kier alpha value is -2.21. The molecule has 19 heavy (non-hydrogen) atoms. The van der Waals surface area contributed by atoms with Gasteiger partial charge in [-0.15, -0.1) is 0 Å². The molecule has 1 unspecified atom stereocenters. The predicted molar refractivity (Wildman–Crippen MR) is 74.1 cm³/mol. The number of nitrogens with two attached hydrogens (primary N) is 1. The van der Waals surface area contributed by atoms with Crippen molar-refractivity contribution in [2.24, 2.45) is 0 Å². The Morgan fingerprint density at radius 1 is 1.16 bits per heavy atom. The molecular formula is C13H12N2O3S. The highest BCUT2D eigenvalue weighted by Crippen LogP contribution is 2.17. The van der Waals surface area contributed by atoms with Crippen molar-refractivity contribution in [3.8, 4) is 0 Å². The molecule has 0 aromatic heterocycles. The standard InChI is InChI=1S/C13H12N2O3S/c14-11-3-1-2-10(8-11)9-19(18)13-6-4-12(5-7-13)15(16)17/h1-8H,9,14H2. The first-order chi connectivity index (χ1) is 9.06. The lowest BCUT2D eigenvalue weighted by atomic mass is 10.2. The lowest BCUT2D eigenvalue weighted by molar-refractivity contribution is -0.384. The van der Waals surface area contributed by atoms with Gasteiger partial charge in [-0.3, -0.25) is 14.3 Å². The highest BCUT2D eigenvalue weighted by Gasteiger charge is 2.09. The molecule has 6 heteroatoms. The molecule has 5 nitrogen and oxygen atoms in total. The molecule has 2 rings (SSSR count). The van der Waals surface area contributed by atoms with E-state index in [4.69, 9.17) is 5.73 Å². The van der Waals surface area contributed by atoms with Crippen molar-refractivity contribution in [3.63, 3.8) is 0 Å². The van der Waals surface area contributed by atoms with Crippen LogP contribution in [0.3, 0.4) is 0 Å². The molecule has 0 spiro atoms. The Bertz CT molecular complexity index is 626. The maximum Gasteiger partial charge on any atom is 0.269 e. The summed E-state index contributed by atoms with van der Waals surface area (Å²) >= 11 is 0. The van der Waals surface area contributed by atoms with Gasteiger partial charge in [0.1, 0.15) is 0 Å². The van der Waals surface area contributed by atoms with Crippen LogP contribution in [-0.2, 0) is 16.6 Å². The smallest absolute Gasteiger partial charge is 0.269 e. The van der Waals surface area contributed by atoms with Gasteiger partial charge in [-0.1, -0.05) is 12.1 Å². The fourth-order valence-corrected chi connectivity index (χ4v) is 2.73. The van der Waals surface area contributed by atoms with Gasteiger partial charge in [0.25, 0.3) is 5.69 Å². The number of nitrogen functional groups attached to an aromatic ring is 1. The van der Waals surface area contributed by atoms with E-state index in [0.29, 0.717) is 16.3 Å². The van der Waals surface area contributed by atoms with E-state index in [9.17, 15) is 14.3 Å². The van der Waals surface area contributed by atoms with Gasteiger partial charge < -0.3 is 5.73 Å². The van der Waals surface area contributed by atoms with Crippen LogP contribution < -0.4 is 5.73 Å². The van der Waals surface area contributed by atoms with Gasteiger partial charge in [-0.2, -0.15) is 0 Å². The third-order valence-corrected chi connectivity index (χ3v) is 3.95. The largest absolute Gasteiger partial charge is 0.399 e. The molecule has 0 saturated heterocycles. The summed E-state index contributed by atoms with van der Waals surface area (Å²) in [5, 5.41) is 10.5. The molecule has 2 aromatic carbocycles. The Morgan fingerprint density at radius 3 is 2.42 bits per heavy atom. The van der Waals surface area contributed by atoms with Crippen molar-refractivity contribution in [1.29, 1.82) is 0 Å². The molecule has 0 radical (unpaired) electrons. The highest BCUT2D eigenvalue weighted by atomic mass is 32.2. The molecule has 0 amide bonds. The fraction of sp³-hybridized carbons (Fsp3) is 0.0769. The zero-order valence-electron chi connectivity index (χ0n) is 9.98. The van der Waals surface area contributed by atoms with Gasteiger partial charge >= 0.3 is 0 Å². The van der Waals surface area contributed by atoms with E-state index in [2.05, 4.69) is 0 Å². The minimum absolute atomic E-state index is 0.00953. The first-order valence-corrected chi connectivity index (χ1v) is 6.85. The number of nitro benzene ring substituents is 1. The molecule has 0 aliphatic rings. The predicted octanol–water partition coefficient (Wildman–Crippen LogP) is 2.48. The fourth-order valence-electron chi connectivity index (χ4n) is 1.64. The minimum atomic E-state index is -1.24.